The van der Waals surface area contributed by atoms with E-state index in [0.717, 1.165) is 18.4 Å². The number of aliphatic carboxylic acids is 1. The zero-order valence-electron chi connectivity index (χ0n) is 21.9. The first kappa shape index (κ1) is 28.5. The Kier molecular flexibility index (Phi) is 9.88. The number of rotatable bonds is 10. The second kappa shape index (κ2) is 12.5. The molecule has 0 aromatic carbocycles. The van der Waals surface area contributed by atoms with Crippen molar-refractivity contribution in [3.63, 3.8) is 0 Å². The lowest BCUT2D eigenvalue weighted by Gasteiger charge is -2.39. The molecular weight excluding hydrogens is 466 g/mol. The highest BCUT2D eigenvalue weighted by atomic mass is 16.6. The topological polar surface area (TPSA) is 127 Å². The van der Waals surface area contributed by atoms with Crippen molar-refractivity contribution in [3.05, 3.63) is 36.0 Å². The Bertz CT molecular complexity index is 864. The lowest BCUT2D eigenvalue weighted by molar-refractivity contribution is -0.155. The zero-order chi connectivity index (χ0) is 26.5. The molecular formula is C27H41NO8. The molecule has 1 amide bonds. The van der Waals surface area contributed by atoms with Crippen molar-refractivity contribution in [2.24, 2.45) is 5.92 Å². The van der Waals surface area contributed by atoms with Crippen LogP contribution in [0.5, 0.6) is 0 Å². The van der Waals surface area contributed by atoms with Crippen LogP contribution in [0.4, 0.5) is 0 Å². The number of aliphatic hydroxyl groups is 1. The Balaban J connectivity index is 1.51. The number of carbonyl (C=O) groups is 2. The van der Waals surface area contributed by atoms with Crippen LogP contribution in [0.2, 0.25) is 0 Å². The highest BCUT2D eigenvalue weighted by Crippen LogP contribution is 2.43. The average molecular weight is 508 g/mol. The number of epoxide rings is 1. The SMILES string of the molecule is CO[C@@H](C)/C=C\C(=O)N[C@@H]1C[C@H](C)[C@H](C/C=C(C)/C=C/[C@H]2O[C@H](CC(=O)O)C[C@@]3(CO3)[C@@H]2O)O[C@@H]1C. The van der Waals surface area contributed by atoms with Crippen molar-refractivity contribution in [1.82, 2.24) is 5.32 Å². The Morgan fingerprint density at radius 3 is 2.61 bits per heavy atom. The van der Waals surface area contributed by atoms with Gasteiger partial charge in [0.25, 0.3) is 0 Å². The van der Waals surface area contributed by atoms with Gasteiger partial charge in [-0.15, -0.1) is 0 Å². The van der Waals surface area contributed by atoms with Crippen molar-refractivity contribution in [3.8, 4) is 0 Å². The Morgan fingerprint density at radius 1 is 1.25 bits per heavy atom. The van der Waals surface area contributed by atoms with Crippen LogP contribution < -0.4 is 5.32 Å². The second-order valence-electron chi connectivity index (χ2n) is 10.4. The Morgan fingerprint density at radius 2 is 1.97 bits per heavy atom. The minimum absolute atomic E-state index is 0.0279. The van der Waals surface area contributed by atoms with E-state index in [9.17, 15) is 14.7 Å². The van der Waals surface area contributed by atoms with E-state index in [1.807, 2.05) is 26.8 Å². The molecule has 3 N–H and O–H groups in total. The van der Waals surface area contributed by atoms with E-state index in [0.29, 0.717) is 13.0 Å². The third-order valence-electron chi connectivity index (χ3n) is 7.35. The fraction of sp³-hybridized carbons (Fsp3) is 0.704. The summed E-state index contributed by atoms with van der Waals surface area (Å²) >= 11 is 0. The molecule has 0 radical (unpaired) electrons. The molecule has 36 heavy (non-hydrogen) atoms. The molecule has 9 heteroatoms. The number of aliphatic hydroxyl groups excluding tert-OH is 1. The summed E-state index contributed by atoms with van der Waals surface area (Å²) in [5, 5.41) is 22.8. The third kappa shape index (κ3) is 7.73. The molecule has 3 heterocycles. The molecule has 3 rings (SSSR count). The molecule has 202 valence electrons. The number of amides is 1. The summed E-state index contributed by atoms with van der Waals surface area (Å²) in [6.45, 7) is 8.36. The van der Waals surface area contributed by atoms with Crippen molar-refractivity contribution in [1.29, 1.82) is 0 Å². The summed E-state index contributed by atoms with van der Waals surface area (Å²) in [5.74, 6) is -0.823. The molecule has 9 atom stereocenters. The number of nitrogens with one attached hydrogen (secondary N) is 1. The van der Waals surface area contributed by atoms with Gasteiger partial charge in [-0.1, -0.05) is 36.8 Å². The highest BCUT2D eigenvalue weighted by Gasteiger charge is 2.58. The minimum Gasteiger partial charge on any atom is -0.481 e. The molecule has 0 aromatic heterocycles. The van der Waals surface area contributed by atoms with E-state index in [2.05, 4.69) is 18.3 Å². The fourth-order valence-electron chi connectivity index (χ4n) is 4.86. The molecule has 1 spiro atoms. The summed E-state index contributed by atoms with van der Waals surface area (Å²) < 4.78 is 22.7. The summed E-state index contributed by atoms with van der Waals surface area (Å²) in [6, 6.07) is -0.0585. The lowest BCUT2D eigenvalue weighted by atomic mass is 9.87. The van der Waals surface area contributed by atoms with Crippen molar-refractivity contribution >= 4 is 11.9 Å². The Labute approximate surface area is 213 Å². The van der Waals surface area contributed by atoms with Crippen molar-refractivity contribution in [2.75, 3.05) is 13.7 Å². The maximum Gasteiger partial charge on any atom is 0.305 e. The first-order valence-electron chi connectivity index (χ1n) is 12.7. The number of methoxy groups -OCH3 is 1. The molecule has 3 saturated heterocycles. The maximum absolute atomic E-state index is 12.2. The second-order valence-corrected chi connectivity index (χ2v) is 10.4. The molecule has 3 aliphatic heterocycles. The number of carbonyl (C=O) groups excluding carboxylic acids is 1. The van der Waals surface area contributed by atoms with Gasteiger partial charge in [0.05, 0.1) is 43.5 Å². The number of carboxylic acid groups (broad SMARTS) is 1. The van der Waals surface area contributed by atoms with Gasteiger partial charge in [-0.2, -0.15) is 0 Å². The third-order valence-corrected chi connectivity index (χ3v) is 7.35. The Hall–Kier alpha value is -2.04. The quantitative estimate of drug-likeness (QED) is 0.234. The maximum atomic E-state index is 12.2. The fourth-order valence-corrected chi connectivity index (χ4v) is 4.86. The molecule has 0 unspecified atom stereocenters. The van der Waals surface area contributed by atoms with Crippen LogP contribution in [0.1, 0.15) is 53.4 Å². The van der Waals surface area contributed by atoms with Gasteiger partial charge in [-0.25, -0.2) is 0 Å². The van der Waals surface area contributed by atoms with Gasteiger partial charge in [-0.05, 0) is 39.5 Å². The molecule has 3 fully saturated rings. The summed E-state index contributed by atoms with van der Waals surface area (Å²) in [4.78, 5) is 23.4. The van der Waals surface area contributed by atoms with Gasteiger partial charge in [-0.3, -0.25) is 9.59 Å². The van der Waals surface area contributed by atoms with Crippen LogP contribution in [0.25, 0.3) is 0 Å². The molecule has 0 aromatic rings. The van der Waals surface area contributed by atoms with Crippen LogP contribution in [-0.4, -0.2) is 84.1 Å². The predicted molar refractivity (Wildman–Crippen MR) is 133 cm³/mol. The van der Waals surface area contributed by atoms with E-state index in [1.54, 1.807) is 19.3 Å². The summed E-state index contributed by atoms with van der Waals surface area (Å²) in [6.07, 6.45) is 8.66. The highest BCUT2D eigenvalue weighted by molar-refractivity contribution is 5.87. The monoisotopic (exact) mass is 507 g/mol. The van der Waals surface area contributed by atoms with Crippen LogP contribution in [0.3, 0.4) is 0 Å². The number of hydrogen-bond acceptors (Lipinski definition) is 7. The largest absolute Gasteiger partial charge is 0.481 e. The predicted octanol–water partition coefficient (Wildman–Crippen LogP) is 2.53. The van der Waals surface area contributed by atoms with Gasteiger partial charge >= 0.3 is 5.97 Å². The number of allylic oxidation sites excluding steroid dienone is 2. The van der Waals surface area contributed by atoms with Crippen LogP contribution in [0, 0.1) is 5.92 Å². The standard InChI is InChI=1S/C27H41NO8/c1-16(7-10-23-26(32)27(15-34-27)14-20(36-23)13-25(30)31)6-9-22-17(2)12-21(19(4)35-22)28-24(29)11-8-18(3)33-5/h6-8,10-11,17-23,26,32H,9,12-15H2,1-5H3,(H,28,29)(H,30,31)/b10-7+,11-8-,16-6+/t17-,18-,19+,20+,21+,22-,23+,26+,27+/m0/s1. The van der Waals surface area contributed by atoms with E-state index in [1.165, 1.54) is 6.08 Å². The molecule has 9 nitrogen and oxygen atoms in total. The van der Waals surface area contributed by atoms with E-state index in [-0.39, 0.29) is 42.6 Å². The van der Waals surface area contributed by atoms with Crippen LogP contribution >= 0.6 is 0 Å². The van der Waals surface area contributed by atoms with E-state index < -0.39 is 29.9 Å². The first-order chi connectivity index (χ1) is 17.0. The van der Waals surface area contributed by atoms with Crippen LogP contribution in [-0.2, 0) is 28.5 Å². The average Bonchev–Trinajstić information content (AvgIpc) is 3.59. The van der Waals surface area contributed by atoms with Crippen molar-refractivity contribution in [2.45, 2.75) is 102 Å². The number of ether oxygens (including phenoxy) is 4. The normalized spacial score (nSPS) is 37.9. The zero-order valence-corrected chi connectivity index (χ0v) is 21.9. The van der Waals surface area contributed by atoms with Crippen LogP contribution in [0.15, 0.2) is 36.0 Å². The molecule has 3 aliphatic rings. The lowest BCUT2D eigenvalue weighted by Crippen LogP contribution is -2.50. The van der Waals surface area contributed by atoms with Gasteiger partial charge < -0.3 is 34.5 Å². The molecule has 0 aliphatic carbocycles. The van der Waals surface area contributed by atoms with Gasteiger partial charge in [0.15, 0.2) is 0 Å². The van der Waals surface area contributed by atoms with E-state index in [4.69, 9.17) is 24.1 Å². The summed E-state index contributed by atoms with van der Waals surface area (Å²) in [7, 11) is 1.60. The van der Waals surface area contributed by atoms with Crippen molar-refractivity contribution < 1.29 is 38.7 Å². The van der Waals surface area contributed by atoms with E-state index >= 15 is 0 Å². The van der Waals surface area contributed by atoms with Gasteiger partial charge in [0.1, 0.15) is 17.8 Å². The first-order valence-corrected chi connectivity index (χ1v) is 12.7. The summed E-state index contributed by atoms with van der Waals surface area (Å²) in [5.41, 5.74) is 0.309. The number of hydrogen-bond donors (Lipinski definition) is 3. The van der Waals surface area contributed by atoms with Gasteiger partial charge in [0, 0.05) is 19.6 Å². The smallest absolute Gasteiger partial charge is 0.305 e. The van der Waals surface area contributed by atoms with Gasteiger partial charge in [0.2, 0.25) is 5.91 Å². The minimum atomic E-state index is -0.930. The molecule has 0 saturated carbocycles. The number of carboxylic acids is 1. The molecule has 0 bridgehead atoms.